The Morgan fingerprint density at radius 2 is 1.43 bits per heavy atom. The molecule has 0 unspecified atom stereocenters. The van der Waals surface area contributed by atoms with Crippen LogP contribution in [-0.2, 0) is 18.4 Å². The summed E-state index contributed by atoms with van der Waals surface area (Å²) in [6.45, 7) is 9.83. The van der Waals surface area contributed by atoms with E-state index in [1.54, 1.807) is 0 Å². The standard InChI is InChI=1S/C32H43N3/c1-5-7-8-10-13-26-18-22-30(23-19-26)35(31(33)34-29-14-11-9-12-15-29)25-27-16-20-28(21-17-27)32(3,4)24-6-2/h9,11-12,14-23H,5-8,10,13,24-25H2,1-4H3,(H2,33,34). The van der Waals surface area contributed by atoms with Crippen molar-refractivity contribution >= 4 is 17.3 Å². The van der Waals surface area contributed by atoms with Crippen molar-refractivity contribution in [2.24, 2.45) is 10.7 Å². The van der Waals surface area contributed by atoms with Crippen LogP contribution in [0.3, 0.4) is 0 Å². The molecule has 0 heterocycles. The Labute approximate surface area is 213 Å². The van der Waals surface area contributed by atoms with E-state index in [2.05, 4.69) is 81.1 Å². The molecule has 0 aliphatic rings. The summed E-state index contributed by atoms with van der Waals surface area (Å²) < 4.78 is 0. The van der Waals surface area contributed by atoms with Gasteiger partial charge in [-0.25, -0.2) is 4.99 Å². The first kappa shape index (κ1) is 26.5. The SMILES string of the molecule is CCCCCCc1ccc(N(Cc2ccc(C(C)(C)CCC)cc2)C(N)=Nc2ccccc2)cc1. The Balaban J connectivity index is 1.83. The van der Waals surface area contributed by atoms with Crippen LogP contribution in [0.5, 0.6) is 0 Å². The van der Waals surface area contributed by atoms with Crippen LogP contribution >= 0.6 is 0 Å². The number of benzene rings is 3. The van der Waals surface area contributed by atoms with Gasteiger partial charge in [0.1, 0.15) is 0 Å². The summed E-state index contributed by atoms with van der Waals surface area (Å²) in [7, 11) is 0. The molecule has 0 aliphatic carbocycles. The van der Waals surface area contributed by atoms with E-state index >= 15 is 0 Å². The van der Waals surface area contributed by atoms with Crippen LogP contribution in [-0.4, -0.2) is 5.96 Å². The summed E-state index contributed by atoms with van der Waals surface area (Å²) in [6.07, 6.45) is 8.62. The van der Waals surface area contributed by atoms with Crippen molar-refractivity contribution in [3.8, 4) is 0 Å². The lowest BCUT2D eigenvalue weighted by atomic mass is 9.80. The zero-order valence-electron chi connectivity index (χ0n) is 22.1. The van der Waals surface area contributed by atoms with Gasteiger partial charge in [0.25, 0.3) is 0 Å². The highest BCUT2D eigenvalue weighted by Gasteiger charge is 2.19. The zero-order chi connectivity index (χ0) is 25.1. The van der Waals surface area contributed by atoms with Crippen molar-refractivity contribution < 1.29 is 0 Å². The van der Waals surface area contributed by atoms with Gasteiger partial charge in [-0.2, -0.15) is 0 Å². The van der Waals surface area contributed by atoms with Gasteiger partial charge in [0.2, 0.25) is 5.96 Å². The molecule has 3 rings (SSSR count). The van der Waals surface area contributed by atoms with Gasteiger partial charge < -0.3 is 10.6 Å². The number of rotatable bonds is 12. The van der Waals surface area contributed by atoms with Crippen molar-refractivity contribution in [3.63, 3.8) is 0 Å². The third kappa shape index (κ3) is 7.99. The quantitative estimate of drug-likeness (QED) is 0.164. The number of aliphatic imine (C=N–C) groups is 1. The van der Waals surface area contributed by atoms with Crippen LogP contribution in [0.15, 0.2) is 83.9 Å². The average Bonchev–Trinajstić information content (AvgIpc) is 2.86. The number of anilines is 1. The number of nitrogens with zero attached hydrogens (tertiary/aromatic N) is 2. The van der Waals surface area contributed by atoms with E-state index in [0.717, 1.165) is 17.8 Å². The molecule has 0 bridgehead atoms. The fourth-order valence-electron chi connectivity index (χ4n) is 4.61. The summed E-state index contributed by atoms with van der Waals surface area (Å²) in [5.41, 5.74) is 12.7. The number of aryl methyl sites for hydroxylation is 1. The molecule has 0 aromatic heterocycles. The number of para-hydroxylation sites is 1. The third-order valence-corrected chi connectivity index (χ3v) is 6.79. The van der Waals surface area contributed by atoms with E-state index in [1.807, 2.05) is 30.3 Å². The van der Waals surface area contributed by atoms with Crippen LogP contribution in [0.25, 0.3) is 0 Å². The average molecular weight is 470 g/mol. The lowest BCUT2D eigenvalue weighted by molar-refractivity contribution is 0.473. The van der Waals surface area contributed by atoms with Crippen molar-refractivity contribution in [1.82, 2.24) is 0 Å². The van der Waals surface area contributed by atoms with Crippen LogP contribution in [0.2, 0.25) is 0 Å². The predicted octanol–water partition coefficient (Wildman–Crippen LogP) is 8.54. The second kappa shape index (κ2) is 13.1. The Hall–Kier alpha value is -3.07. The van der Waals surface area contributed by atoms with Gasteiger partial charge in [0, 0.05) is 5.69 Å². The maximum absolute atomic E-state index is 6.60. The number of hydrogen-bond donors (Lipinski definition) is 1. The second-order valence-corrected chi connectivity index (χ2v) is 10.2. The Morgan fingerprint density at radius 1 is 0.771 bits per heavy atom. The summed E-state index contributed by atoms with van der Waals surface area (Å²) in [4.78, 5) is 6.84. The largest absolute Gasteiger partial charge is 0.369 e. The molecule has 3 nitrogen and oxygen atoms in total. The number of nitrogens with two attached hydrogens (primary N) is 1. The molecule has 2 N–H and O–H groups in total. The van der Waals surface area contributed by atoms with Gasteiger partial charge in [-0.1, -0.05) is 108 Å². The van der Waals surface area contributed by atoms with Crippen LogP contribution < -0.4 is 10.6 Å². The molecule has 0 radical (unpaired) electrons. The molecule has 35 heavy (non-hydrogen) atoms. The normalized spacial score (nSPS) is 12.1. The molecular weight excluding hydrogens is 426 g/mol. The highest BCUT2D eigenvalue weighted by molar-refractivity contribution is 5.96. The molecule has 0 spiro atoms. The van der Waals surface area contributed by atoms with Gasteiger partial charge in [0.05, 0.1) is 12.2 Å². The van der Waals surface area contributed by atoms with Crippen molar-refractivity contribution in [3.05, 3.63) is 95.6 Å². The highest BCUT2D eigenvalue weighted by Crippen LogP contribution is 2.29. The molecular formula is C32H43N3. The van der Waals surface area contributed by atoms with Crippen LogP contribution in [0.4, 0.5) is 11.4 Å². The summed E-state index contributed by atoms with van der Waals surface area (Å²) in [5.74, 6) is 0.502. The smallest absolute Gasteiger partial charge is 0.201 e. The monoisotopic (exact) mass is 469 g/mol. The van der Waals surface area contributed by atoms with E-state index < -0.39 is 0 Å². The van der Waals surface area contributed by atoms with E-state index in [9.17, 15) is 0 Å². The first-order chi connectivity index (χ1) is 16.9. The predicted molar refractivity (Wildman–Crippen MR) is 153 cm³/mol. The lowest BCUT2D eigenvalue weighted by Crippen LogP contribution is -2.36. The Morgan fingerprint density at radius 3 is 2.06 bits per heavy atom. The van der Waals surface area contributed by atoms with Crippen molar-refractivity contribution in [2.75, 3.05) is 4.90 Å². The molecule has 186 valence electrons. The zero-order valence-corrected chi connectivity index (χ0v) is 22.1. The number of guanidine groups is 1. The maximum atomic E-state index is 6.60. The molecule has 0 amide bonds. The second-order valence-electron chi connectivity index (χ2n) is 10.2. The number of hydrogen-bond acceptors (Lipinski definition) is 1. The van der Waals surface area contributed by atoms with E-state index in [1.165, 1.54) is 55.2 Å². The third-order valence-electron chi connectivity index (χ3n) is 6.79. The van der Waals surface area contributed by atoms with Crippen molar-refractivity contribution in [2.45, 2.75) is 84.6 Å². The van der Waals surface area contributed by atoms with E-state index in [-0.39, 0.29) is 5.41 Å². The van der Waals surface area contributed by atoms with Crippen molar-refractivity contribution in [1.29, 1.82) is 0 Å². The molecule has 0 saturated heterocycles. The molecule has 0 aliphatic heterocycles. The molecule has 3 heteroatoms. The molecule has 0 atom stereocenters. The fourth-order valence-corrected chi connectivity index (χ4v) is 4.61. The highest BCUT2D eigenvalue weighted by atomic mass is 15.3. The minimum Gasteiger partial charge on any atom is -0.369 e. The molecule has 3 aromatic carbocycles. The number of unbranched alkanes of at least 4 members (excludes halogenated alkanes) is 3. The Bertz CT molecular complexity index is 1030. The van der Waals surface area contributed by atoms with Crippen LogP contribution in [0, 0.1) is 0 Å². The van der Waals surface area contributed by atoms with Gasteiger partial charge in [0.15, 0.2) is 0 Å². The summed E-state index contributed by atoms with van der Waals surface area (Å²) >= 11 is 0. The molecule has 3 aromatic rings. The minimum atomic E-state index is 0.188. The van der Waals surface area contributed by atoms with E-state index in [0.29, 0.717) is 12.5 Å². The summed E-state index contributed by atoms with van der Waals surface area (Å²) in [5, 5.41) is 0. The molecule has 0 fully saturated rings. The lowest BCUT2D eigenvalue weighted by Gasteiger charge is -2.26. The molecule has 0 saturated carbocycles. The van der Waals surface area contributed by atoms with Gasteiger partial charge >= 0.3 is 0 Å². The Kier molecular flexibility index (Phi) is 9.96. The fraction of sp³-hybridized carbons (Fsp3) is 0.406. The van der Waals surface area contributed by atoms with Gasteiger partial charge in [-0.05, 0) is 65.6 Å². The minimum absolute atomic E-state index is 0.188. The maximum Gasteiger partial charge on any atom is 0.201 e. The first-order valence-corrected chi connectivity index (χ1v) is 13.3. The first-order valence-electron chi connectivity index (χ1n) is 13.3. The van der Waals surface area contributed by atoms with Gasteiger partial charge in [-0.15, -0.1) is 0 Å². The topological polar surface area (TPSA) is 41.6 Å². The van der Waals surface area contributed by atoms with E-state index in [4.69, 9.17) is 10.7 Å². The summed E-state index contributed by atoms with van der Waals surface area (Å²) in [6, 6.07) is 27.8. The van der Waals surface area contributed by atoms with Crippen LogP contribution in [0.1, 0.15) is 82.9 Å². The van der Waals surface area contributed by atoms with Gasteiger partial charge in [-0.3, -0.25) is 0 Å².